The smallest absolute Gasteiger partial charge is 0.227 e. The molecule has 0 radical (unpaired) electrons. The summed E-state index contributed by atoms with van der Waals surface area (Å²) in [7, 11) is 0. The molecule has 132 valence electrons. The summed E-state index contributed by atoms with van der Waals surface area (Å²) in [5.41, 5.74) is 5.28. The number of carbonyl (C=O) groups is 1. The van der Waals surface area contributed by atoms with Gasteiger partial charge in [-0.15, -0.1) is 0 Å². The Kier molecular flexibility index (Phi) is 4.33. The van der Waals surface area contributed by atoms with Crippen LogP contribution in [0.15, 0.2) is 54.6 Å². The molecule has 2 aromatic carbocycles. The number of halogens is 1. The number of amides is 1. The van der Waals surface area contributed by atoms with Crippen molar-refractivity contribution < 1.29 is 9.18 Å². The topological polar surface area (TPSA) is 36.1 Å². The molecule has 0 spiro atoms. The number of nitrogens with zero attached hydrogens (tertiary/aromatic N) is 1. The first kappa shape index (κ1) is 16.6. The molecule has 1 amide bonds. The summed E-state index contributed by atoms with van der Waals surface area (Å²) in [4.78, 5) is 17.8. The Bertz CT molecular complexity index is 1000. The second-order valence-electron chi connectivity index (χ2n) is 6.76. The summed E-state index contributed by atoms with van der Waals surface area (Å²) < 4.78 is 13.8. The SMILES string of the molecule is Cc1[nH]c2ccccc2c1C1=CCN(C(=O)Cc2ccccc2F)CC1. The molecular formula is C22H21FN2O. The maximum atomic E-state index is 13.8. The van der Waals surface area contributed by atoms with Crippen molar-refractivity contribution in [2.45, 2.75) is 19.8 Å². The van der Waals surface area contributed by atoms with E-state index in [1.165, 1.54) is 22.6 Å². The number of hydrogen-bond acceptors (Lipinski definition) is 1. The minimum atomic E-state index is -0.316. The first-order valence-corrected chi connectivity index (χ1v) is 8.91. The number of aryl methyl sites for hydroxylation is 1. The zero-order chi connectivity index (χ0) is 18.1. The Morgan fingerprint density at radius 1 is 1.15 bits per heavy atom. The summed E-state index contributed by atoms with van der Waals surface area (Å²) >= 11 is 0. The minimum Gasteiger partial charge on any atom is -0.358 e. The Morgan fingerprint density at radius 2 is 1.92 bits per heavy atom. The van der Waals surface area contributed by atoms with Crippen molar-refractivity contribution in [3.63, 3.8) is 0 Å². The number of benzene rings is 2. The molecule has 1 aliphatic rings. The Balaban J connectivity index is 1.52. The van der Waals surface area contributed by atoms with Gasteiger partial charge in [-0.2, -0.15) is 0 Å². The maximum Gasteiger partial charge on any atom is 0.227 e. The summed E-state index contributed by atoms with van der Waals surface area (Å²) in [5.74, 6) is -0.343. The molecule has 0 unspecified atom stereocenters. The van der Waals surface area contributed by atoms with Crippen molar-refractivity contribution in [2.24, 2.45) is 0 Å². The van der Waals surface area contributed by atoms with Gasteiger partial charge in [-0.25, -0.2) is 4.39 Å². The molecule has 0 saturated carbocycles. The van der Waals surface area contributed by atoms with E-state index in [9.17, 15) is 9.18 Å². The van der Waals surface area contributed by atoms with Gasteiger partial charge >= 0.3 is 0 Å². The largest absolute Gasteiger partial charge is 0.358 e. The standard InChI is InChI=1S/C22H21FN2O/c1-15-22(18-7-3-5-9-20(18)24-15)16-10-12-25(13-11-16)21(26)14-17-6-2-4-8-19(17)23/h2-10,24H,11-14H2,1H3. The van der Waals surface area contributed by atoms with Crippen LogP contribution in [-0.2, 0) is 11.2 Å². The molecule has 4 heteroatoms. The van der Waals surface area contributed by atoms with E-state index in [0.29, 0.717) is 18.7 Å². The van der Waals surface area contributed by atoms with Gasteiger partial charge in [-0.1, -0.05) is 42.5 Å². The van der Waals surface area contributed by atoms with Gasteiger partial charge in [0.2, 0.25) is 5.91 Å². The van der Waals surface area contributed by atoms with E-state index in [0.717, 1.165) is 17.6 Å². The highest BCUT2D eigenvalue weighted by molar-refractivity contribution is 5.94. The van der Waals surface area contributed by atoms with Gasteiger partial charge in [0.05, 0.1) is 6.42 Å². The third kappa shape index (κ3) is 3.03. The highest BCUT2D eigenvalue weighted by atomic mass is 19.1. The first-order chi connectivity index (χ1) is 12.6. The van der Waals surface area contributed by atoms with Crippen LogP contribution >= 0.6 is 0 Å². The van der Waals surface area contributed by atoms with E-state index in [2.05, 4.69) is 30.1 Å². The molecule has 4 rings (SSSR count). The molecule has 2 heterocycles. The quantitative estimate of drug-likeness (QED) is 0.745. The molecule has 3 nitrogen and oxygen atoms in total. The number of aromatic amines is 1. The molecule has 1 aliphatic heterocycles. The molecule has 0 bridgehead atoms. The van der Waals surface area contributed by atoms with Crippen LogP contribution in [0.5, 0.6) is 0 Å². The number of nitrogens with one attached hydrogen (secondary N) is 1. The lowest BCUT2D eigenvalue weighted by Crippen LogP contribution is -2.35. The fourth-order valence-corrected chi connectivity index (χ4v) is 3.73. The minimum absolute atomic E-state index is 0.0268. The molecule has 1 N–H and O–H groups in total. The number of carbonyl (C=O) groups excluding carboxylic acids is 1. The predicted molar refractivity (Wildman–Crippen MR) is 102 cm³/mol. The summed E-state index contributed by atoms with van der Waals surface area (Å²) in [6.45, 7) is 3.32. The molecule has 0 saturated heterocycles. The van der Waals surface area contributed by atoms with Crippen molar-refractivity contribution >= 4 is 22.4 Å². The second-order valence-corrected chi connectivity index (χ2v) is 6.76. The number of aromatic nitrogens is 1. The van der Waals surface area contributed by atoms with Gasteiger partial charge in [0.15, 0.2) is 0 Å². The number of hydrogen-bond donors (Lipinski definition) is 1. The highest BCUT2D eigenvalue weighted by Gasteiger charge is 2.21. The van der Waals surface area contributed by atoms with Gasteiger partial charge in [-0.05, 0) is 36.6 Å². The van der Waals surface area contributed by atoms with Crippen LogP contribution in [0.2, 0.25) is 0 Å². The van der Waals surface area contributed by atoms with Crippen LogP contribution < -0.4 is 0 Å². The summed E-state index contributed by atoms with van der Waals surface area (Å²) in [6, 6.07) is 14.8. The molecule has 0 fully saturated rings. The molecular weight excluding hydrogens is 327 g/mol. The van der Waals surface area contributed by atoms with Crippen LogP contribution in [0, 0.1) is 12.7 Å². The van der Waals surface area contributed by atoms with Gasteiger partial charge in [0.1, 0.15) is 5.82 Å². The van der Waals surface area contributed by atoms with Gasteiger partial charge < -0.3 is 9.88 Å². The fraction of sp³-hybridized carbons (Fsp3) is 0.227. The third-order valence-electron chi connectivity index (χ3n) is 5.08. The van der Waals surface area contributed by atoms with Crippen LogP contribution in [0.1, 0.15) is 23.2 Å². The molecule has 3 aromatic rings. The van der Waals surface area contributed by atoms with Crippen LogP contribution in [0.3, 0.4) is 0 Å². The lowest BCUT2D eigenvalue weighted by molar-refractivity contribution is -0.130. The van der Waals surface area contributed by atoms with Crippen molar-refractivity contribution in [1.82, 2.24) is 9.88 Å². The van der Waals surface area contributed by atoms with Crippen molar-refractivity contribution in [3.8, 4) is 0 Å². The first-order valence-electron chi connectivity index (χ1n) is 8.91. The summed E-state index contributed by atoms with van der Waals surface area (Å²) in [5, 5.41) is 1.22. The number of H-pyrrole nitrogens is 1. The zero-order valence-corrected chi connectivity index (χ0v) is 14.8. The monoisotopic (exact) mass is 348 g/mol. The maximum absolute atomic E-state index is 13.8. The van der Waals surface area contributed by atoms with E-state index >= 15 is 0 Å². The molecule has 1 aromatic heterocycles. The fourth-order valence-electron chi connectivity index (χ4n) is 3.73. The highest BCUT2D eigenvalue weighted by Crippen LogP contribution is 2.32. The van der Waals surface area contributed by atoms with Crippen molar-refractivity contribution in [1.29, 1.82) is 0 Å². The average molecular weight is 348 g/mol. The lowest BCUT2D eigenvalue weighted by atomic mass is 9.96. The molecule has 0 atom stereocenters. The van der Waals surface area contributed by atoms with E-state index in [1.54, 1.807) is 23.1 Å². The number of para-hydroxylation sites is 1. The third-order valence-corrected chi connectivity index (χ3v) is 5.08. The van der Waals surface area contributed by atoms with Crippen LogP contribution in [0.25, 0.3) is 16.5 Å². The van der Waals surface area contributed by atoms with E-state index in [1.807, 2.05) is 12.1 Å². The van der Waals surface area contributed by atoms with Crippen LogP contribution in [0.4, 0.5) is 4.39 Å². The number of fused-ring (bicyclic) bond motifs is 1. The van der Waals surface area contributed by atoms with Crippen molar-refractivity contribution in [2.75, 3.05) is 13.1 Å². The molecule has 0 aliphatic carbocycles. The lowest BCUT2D eigenvalue weighted by Gasteiger charge is -2.27. The average Bonchev–Trinajstić information content (AvgIpc) is 2.99. The van der Waals surface area contributed by atoms with Crippen LogP contribution in [-0.4, -0.2) is 28.9 Å². The van der Waals surface area contributed by atoms with E-state index < -0.39 is 0 Å². The van der Waals surface area contributed by atoms with E-state index in [4.69, 9.17) is 0 Å². The Hall–Kier alpha value is -2.88. The van der Waals surface area contributed by atoms with Gasteiger partial charge in [0.25, 0.3) is 0 Å². The Morgan fingerprint density at radius 3 is 2.69 bits per heavy atom. The Labute approximate surface area is 152 Å². The summed E-state index contributed by atoms with van der Waals surface area (Å²) in [6.07, 6.45) is 3.05. The van der Waals surface area contributed by atoms with Gasteiger partial charge in [0, 0.05) is 35.2 Å². The van der Waals surface area contributed by atoms with E-state index in [-0.39, 0.29) is 18.1 Å². The van der Waals surface area contributed by atoms with Gasteiger partial charge in [-0.3, -0.25) is 4.79 Å². The molecule has 26 heavy (non-hydrogen) atoms. The number of rotatable bonds is 3. The predicted octanol–water partition coefficient (Wildman–Crippen LogP) is 4.47. The zero-order valence-electron chi connectivity index (χ0n) is 14.8. The second kappa shape index (κ2) is 6.79. The normalized spacial score (nSPS) is 14.5. The van der Waals surface area contributed by atoms with Crippen molar-refractivity contribution in [3.05, 3.63) is 77.2 Å².